The number of nitrogens with zero attached hydrogens (tertiary/aromatic N) is 6. The van der Waals surface area contributed by atoms with E-state index in [1.54, 1.807) is 22.7 Å². The molecular formula is C25H32FN7O. The maximum absolute atomic E-state index is 13.6. The van der Waals surface area contributed by atoms with E-state index in [-0.39, 0.29) is 5.82 Å². The summed E-state index contributed by atoms with van der Waals surface area (Å²) in [5, 5.41) is 4.68. The third-order valence-electron chi connectivity index (χ3n) is 5.75. The molecule has 0 spiro atoms. The number of hydrogen-bond acceptors (Lipinski definition) is 6. The maximum Gasteiger partial charge on any atom is 0.185 e. The number of rotatable bonds is 8. The first kappa shape index (κ1) is 24.0. The van der Waals surface area contributed by atoms with E-state index < -0.39 is 6.10 Å². The van der Waals surface area contributed by atoms with Crippen molar-refractivity contribution in [1.29, 1.82) is 0 Å². The minimum atomic E-state index is -0.571. The zero-order valence-corrected chi connectivity index (χ0v) is 20.0. The molecule has 1 atom stereocenters. The van der Waals surface area contributed by atoms with E-state index >= 15 is 0 Å². The van der Waals surface area contributed by atoms with Gasteiger partial charge in [-0.2, -0.15) is 0 Å². The van der Waals surface area contributed by atoms with Crippen LogP contribution in [0.25, 0.3) is 5.52 Å². The van der Waals surface area contributed by atoms with Crippen LogP contribution in [0.1, 0.15) is 31.3 Å². The van der Waals surface area contributed by atoms with Gasteiger partial charge in [0.15, 0.2) is 11.6 Å². The number of amidine groups is 1. The topological polar surface area (TPSA) is 84.3 Å². The molecule has 0 bridgehead atoms. The highest BCUT2D eigenvalue weighted by Crippen LogP contribution is 2.27. The summed E-state index contributed by atoms with van der Waals surface area (Å²) in [5.74, 6) is 0.959. The van der Waals surface area contributed by atoms with Crippen molar-refractivity contribution >= 4 is 17.2 Å². The van der Waals surface area contributed by atoms with Gasteiger partial charge in [0.25, 0.3) is 0 Å². The smallest absolute Gasteiger partial charge is 0.185 e. The van der Waals surface area contributed by atoms with Crippen LogP contribution in [-0.4, -0.2) is 76.6 Å². The number of nitrogens with two attached hydrogens (primary N) is 1. The fourth-order valence-corrected chi connectivity index (χ4v) is 3.91. The van der Waals surface area contributed by atoms with Gasteiger partial charge < -0.3 is 15.4 Å². The van der Waals surface area contributed by atoms with Crippen molar-refractivity contribution in [2.45, 2.75) is 20.0 Å². The number of allylic oxidation sites excluding steroid dienone is 1. The van der Waals surface area contributed by atoms with Gasteiger partial charge in [0.1, 0.15) is 23.3 Å². The van der Waals surface area contributed by atoms with Crippen molar-refractivity contribution in [2.75, 3.05) is 46.4 Å². The van der Waals surface area contributed by atoms with Gasteiger partial charge in [-0.15, -0.1) is 5.10 Å². The number of piperazine rings is 1. The zero-order chi connectivity index (χ0) is 24.1. The van der Waals surface area contributed by atoms with Gasteiger partial charge in [0.2, 0.25) is 0 Å². The predicted molar refractivity (Wildman–Crippen MR) is 132 cm³/mol. The Labute approximate surface area is 199 Å². The molecule has 1 aromatic carbocycles. The number of ether oxygens (including phenoxy) is 1. The summed E-state index contributed by atoms with van der Waals surface area (Å²) < 4.78 is 21.7. The van der Waals surface area contributed by atoms with Crippen LogP contribution in [0, 0.1) is 5.82 Å². The molecule has 1 unspecified atom stereocenters. The number of aromatic nitrogens is 3. The lowest BCUT2D eigenvalue weighted by Gasteiger charge is -2.32. The van der Waals surface area contributed by atoms with Crippen LogP contribution < -0.4 is 5.73 Å². The lowest BCUT2D eigenvalue weighted by atomic mass is 10.1. The Morgan fingerprint density at radius 1 is 1.18 bits per heavy atom. The Hall–Kier alpha value is -3.14. The number of likely N-dealkylation sites (N-methyl/N-ethyl adjacent to an activating group) is 1. The van der Waals surface area contributed by atoms with Crippen LogP contribution in [0.4, 0.5) is 10.2 Å². The molecule has 3 aromatic rings. The van der Waals surface area contributed by atoms with Crippen LogP contribution >= 0.6 is 0 Å². The van der Waals surface area contributed by atoms with Gasteiger partial charge in [0.05, 0.1) is 6.61 Å². The molecule has 1 saturated heterocycles. The van der Waals surface area contributed by atoms with Gasteiger partial charge in [0, 0.05) is 38.9 Å². The monoisotopic (exact) mass is 465 g/mol. The van der Waals surface area contributed by atoms with Crippen LogP contribution in [-0.2, 0) is 4.74 Å². The number of fused-ring (bicyclic) bond motifs is 1. The average molecular weight is 466 g/mol. The maximum atomic E-state index is 13.6. The first-order valence-electron chi connectivity index (χ1n) is 11.5. The fraction of sp³-hybridized carbons (Fsp3) is 0.400. The molecular weight excluding hydrogens is 433 g/mol. The quantitative estimate of drug-likeness (QED) is 0.406. The van der Waals surface area contributed by atoms with Crippen molar-refractivity contribution in [3.63, 3.8) is 0 Å². The van der Waals surface area contributed by atoms with Crippen LogP contribution in [0.2, 0.25) is 0 Å². The lowest BCUT2D eigenvalue weighted by molar-refractivity contribution is 0.0439. The van der Waals surface area contributed by atoms with E-state index in [4.69, 9.17) is 15.5 Å². The Balaban J connectivity index is 1.64. The minimum absolute atomic E-state index is 0.304. The third-order valence-corrected chi connectivity index (χ3v) is 5.75. The summed E-state index contributed by atoms with van der Waals surface area (Å²) in [6.45, 7) is 9.32. The summed E-state index contributed by atoms with van der Waals surface area (Å²) in [5.41, 5.74) is 8.67. The summed E-state index contributed by atoms with van der Waals surface area (Å²) >= 11 is 0. The van der Waals surface area contributed by atoms with Crippen LogP contribution in [0.5, 0.6) is 0 Å². The number of halogens is 1. The molecule has 8 nitrogen and oxygen atoms in total. The van der Waals surface area contributed by atoms with Gasteiger partial charge in [-0.1, -0.05) is 17.7 Å². The number of aliphatic imine (C=N–C) groups is 1. The van der Waals surface area contributed by atoms with Crippen molar-refractivity contribution in [1.82, 2.24) is 24.4 Å². The predicted octanol–water partition coefficient (Wildman–Crippen LogP) is 3.18. The Bertz CT molecular complexity index is 1160. The molecule has 34 heavy (non-hydrogen) atoms. The Morgan fingerprint density at radius 2 is 1.91 bits per heavy atom. The van der Waals surface area contributed by atoms with Crippen LogP contribution in [0.15, 0.2) is 59.2 Å². The summed E-state index contributed by atoms with van der Waals surface area (Å²) in [6, 6.07) is 10.0. The van der Waals surface area contributed by atoms with E-state index in [2.05, 4.69) is 26.9 Å². The fourth-order valence-electron chi connectivity index (χ4n) is 3.91. The Kier molecular flexibility index (Phi) is 7.66. The Morgan fingerprint density at radius 3 is 2.62 bits per heavy atom. The second kappa shape index (κ2) is 10.9. The second-order valence-corrected chi connectivity index (χ2v) is 8.84. The normalized spacial score (nSPS) is 16.6. The molecule has 9 heteroatoms. The molecule has 0 radical (unpaired) electrons. The SMILES string of the molecule is CC(C)=CC(N)=Nc1nc(C(OCCN2CCN(C)CC2)c2ccc(F)cc2)nn2cccc12. The molecule has 0 amide bonds. The minimum Gasteiger partial charge on any atom is -0.384 e. The number of benzene rings is 1. The van der Waals surface area contributed by atoms with Crippen molar-refractivity contribution in [3.8, 4) is 0 Å². The second-order valence-electron chi connectivity index (χ2n) is 8.84. The lowest BCUT2D eigenvalue weighted by Crippen LogP contribution is -2.45. The molecule has 0 saturated carbocycles. The summed E-state index contributed by atoms with van der Waals surface area (Å²) in [4.78, 5) is 14.0. The van der Waals surface area contributed by atoms with Crippen molar-refractivity contribution < 1.29 is 9.13 Å². The van der Waals surface area contributed by atoms with Gasteiger partial charge in [-0.25, -0.2) is 18.9 Å². The first-order chi connectivity index (χ1) is 16.4. The molecule has 2 aromatic heterocycles. The molecule has 2 N–H and O–H groups in total. The molecule has 3 heterocycles. The van der Waals surface area contributed by atoms with E-state index in [9.17, 15) is 4.39 Å². The largest absolute Gasteiger partial charge is 0.384 e. The summed E-state index contributed by atoms with van der Waals surface area (Å²) in [7, 11) is 2.14. The average Bonchev–Trinajstić information content (AvgIpc) is 3.27. The van der Waals surface area contributed by atoms with Crippen molar-refractivity contribution in [2.24, 2.45) is 10.7 Å². The first-order valence-corrected chi connectivity index (χ1v) is 11.5. The van der Waals surface area contributed by atoms with E-state index in [1.165, 1.54) is 12.1 Å². The van der Waals surface area contributed by atoms with E-state index in [0.717, 1.165) is 49.4 Å². The molecule has 1 aliphatic rings. The third kappa shape index (κ3) is 6.05. The molecule has 1 aliphatic heterocycles. The van der Waals surface area contributed by atoms with Crippen LogP contribution in [0.3, 0.4) is 0 Å². The van der Waals surface area contributed by atoms with Crippen molar-refractivity contribution in [3.05, 3.63) is 71.4 Å². The highest BCUT2D eigenvalue weighted by Gasteiger charge is 2.22. The van der Waals surface area contributed by atoms with E-state index in [0.29, 0.717) is 24.1 Å². The van der Waals surface area contributed by atoms with Gasteiger partial charge in [-0.05, 0) is 56.8 Å². The standard InChI is InChI=1S/C25H32FN7O/c1-18(2)17-22(27)28-24-21-5-4-10-33(21)30-25(29-24)23(19-6-8-20(26)9-7-19)34-16-15-32-13-11-31(3)12-14-32/h4-10,17,23H,11-16H2,1-3H3,(H2,27,28,29,30). The summed E-state index contributed by atoms with van der Waals surface area (Å²) in [6.07, 6.45) is 3.06. The molecule has 180 valence electrons. The highest BCUT2D eigenvalue weighted by molar-refractivity contribution is 5.94. The molecule has 4 rings (SSSR count). The zero-order valence-electron chi connectivity index (χ0n) is 20.0. The van der Waals surface area contributed by atoms with Gasteiger partial charge in [-0.3, -0.25) is 4.90 Å². The highest BCUT2D eigenvalue weighted by atomic mass is 19.1. The molecule has 1 fully saturated rings. The van der Waals surface area contributed by atoms with Gasteiger partial charge >= 0.3 is 0 Å². The van der Waals surface area contributed by atoms with E-state index in [1.807, 2.05) is 32.2 Å². The molecule has 0 aliphatic carbocycles. The number of hydrogen-bond donors (Lipinski definition) is 1.